The second kappa shape index (κ2) is 8.76. The van der Waals surface area contributed by atoms with Crippen molar-refractivity contribution in [3.05, 3.63) is 82.8 Å². The van der Waals surface area contributed by atoms with Crippen LogP contribution in [-0.4, -0.2) is 28.8 Å². The molecule has 1 aliphatic heterocycles. The van der Waals surface area contributed by atoms with Gasteiger partial charge in [-0.1, -0.05) is 42.5 Å². The molecule has 2 aromatic carbocycles. The highest BCUT2D eigenvalue weighted by Gasteiger charge is 2.17. The summed E-state index contributed by atoms with van der Waals surface area (Å²) in [6.07, 6.45) is 2.14. The van der Waals surface area contributed by atoms with Crippen LogP contribution in [0.2, 0.25) is 0 Å². The van der Waals surface area contributed by atoms with Crippen molar-refractivity contribution in [1.29, 1.82) is 0 Å². The van der Waals surface area contributed by atoms with Gasteiger partial charge in [-0.25, -0.2) is 0 Å². The zero-order valence-corrected chi connectivity index (χ0v) is 16.1. The average molecular weight is 379 g/mol. The number of ether oxygens (including phenoxy) is 1. The third-order valence-electron chi connectivity index (χ3n) is 4.80. The lowest BCUT2D eigenvalue weighted by atomic mass is 9.95. The van der Waals surface area contributed by atoms with Gasteiger partial charge in [-0.3, -0.25) is 4.79 Å². The number of carboxylic acids is 1. The van der Waals surface area contributed by atoms with Crippen molar-refractivity contribution in [3.63, 3.8) is 0 Å². The van der Waals surface area contributed by atoms with E-state index in [1.54, 1.807) is 12.2 Å². The summed E-state index contributed by atoms with van der Waals surface area (Å²) in [5.41, 5.74) is 6.59. The van der Waals surface area contributed by atoms with Gasteiger partial charge in [0.1, 0.15) is 6.61 Å². The van der Waals surface area contributed by atoms with Crippen LogP contribution in [0.4, 0.5) is 0 Å². The van der Waals surface area contributed by atoms with E-state index in [1.165, 1.54) is 22.3 Å². The predicted molar refractivity (Wildman–Crippen MR) is 109 cm³/mol. The first kappa shape index (κ1) is 19.7. The second-order valence-corrected chi connectivity index (χ2v) is 7.00. The van der Waals surface area contributed by atoms with Crippen LogP contribution in [0.15, 0.2) is 66.1 Å². The van der Waals surface area contributed by atoms with Crippen LogP contribution < -0.4 is 5.32 Å². The van der Waals surface area contributed by atoms with E-state index in [2.05, 4.69) is 49.5 Å². The Kier molecular flexibility index (Phi) is 6.16. The van der Waals surface area contributed by atoms with Crippen molar-refractivity contribution >= 4 is 5.97 Å². The van der Waals surface area contributed by atoms with Gasteiger partial charge in [0.05, 0.1) is 12.5 Å². The molecular formula is C23H25NO4. The van der Waals surface area contributed by atoms with Crippen LogP contribution in [0.5, 0.6) is 0 Å². The molecule has 0 aliphatic carbocycles. The molecule has 1 atom stereocenters. The van der Waals surface area contributed by atoms with Crippen LogP contribution in [0.25, 0.3) is 11.1 Å². The molecule has 0 amide bonds. The number of rotatable bonds is 7. The highest BCUT2D eigenvalue weighted by molar-refractivity contribution is 5.71. The highest BCUT2D eigenvalue weighted by Crippen LogP contribution is 2.28. The fraction of sp³-hybridized carbons (Fsp3) is 0.261. The zero-order valence-electron chi connectivity index (χ0n) is 16.1. The molecule has 2 aromatic rings. The fourth-order valence-electron chi connectivity index (χ4n) is 3.36. The minimum atomic E-state index is -1.02. The highest BCUT2D eigenvalue weighted by atomic mass is 16.5. The number of benzene rings is 2. The molecule has 0 saturated carbocycles. The molecule has 0 aromatic heterocycles. The number of aryl methyl sites for hydroxylation is 2. The van der Waals surface area contributed by atoms with E-state index in [4.69, 9.17) is 9.84 Å². The summed E-state index contributed by atoms with van der Waals surface area (Å²) in [7, 11) is 0. The Hall–Kier alpha value is -3.05. The van der Waals surface area contributed by atoms with Gasteiger partial charge in [0.2, 0.25) is 0 Å². The number of hydrogen-bond acceptors (Lipinski definition) is 4. The maximum atomic E-state index is 10.7. The van der Waals surface area contributed by atoms with Crippen molar-refractivity contribution in [2.24, 2.45) is 0 Å². The lowest BCUT2D eigenvalue weighted by Crippen LogP contribution is -2.28. The largest absolute Gasteiger partial charge is 0.481 e. The Balaban J connectivity index is 1.67. The number of carboxylic acid groups (broad SMARTS) is 1. The maximum absolute atomic E-state index is 10.7. The van der Waals surface area contributed by atoms with Gasteiger partial charge < -0.3 is 20.3 Å². The molecule has 0 bridgehead atoms. The molecule has 0 fully saturated rings. The SMILES string of the molecule is Cc1cccc(C)c1-c1cccc(COC2=CC=C(C(O)CC(=O)O)CN2)c1. The number of aliphatic hydroxyl groups is 1. The van der Waals surface area contributed by atoms with Crippen molar-refractivity contribution < 1.29 is 19.7 Å². The Bertz CT molecular complexity index is 910. The lowest BCUT2D eigenvalue weighted by Gasteiger charge is -2.20. The molecule has 146 valence electrons. The maximum Gasteiger partial charge on any atom is 0.306 e. The summed E-state index contributed by atoms with van der Waals surface area (Å²) < 4.78 is 5.84. The fourth-order valence-corrected chi connectivity index (χ4v) is 3.36. The van der Waals surface area contributed by atoms with Gasteiger partial charge in [0.25, 0.3) is 0 Å². The molecule has 0 saturated heterocycles. The molecule has 1 heterocycles. The molecule has 0 spiro atoms. The number of nitrogens with one attached hydrogen (secondary N) is 1. The molecular weight excluding hydrogens is 354 g/mol. The van der Waals surface area contributed by atoms with Gasteiger partial charge in [-0.05, 0) is 59.4 Å². The van der Waals surface area contributed by atoms with E-state index < -0.39 is 12.1 Å². The molecule has 1 aliphatic rings. The van der Waals surface area contributed by atoms with Gasteiger partial charge >= 0.3 is 5.97 Å². The van der Waals surface area contributed by atoms with Crippen molar-refractivity contribution in [2.75, 3.05) is 6.54 Å². The lowest BCUT2D eigenvalue weighted by molar-refractivity contribution is -0.138. The van der Waals surface area contributed by atoms with Crippen LogP contribution >= 0.6 is 0 Å². The Labute approximate surface area is 165 Å². The monoisotopic (exact) mass is 379 g/mol. The molecule has 3 rings (SSSR count). The third-order valence-corrected chi connectivity index (χ3v) is 4.80. The summed E-state index contributed by atoms with van der Waals surface area (Å²) in [6, 6.07) is 14.6. The summed E-state index contributed by atoms with van der Waals surface area (Å²) in [5.74, 6) is -0.424. The zero-order chi connectivity index (χ0) is 20.1. The van der Waals surface area contributed by atoms with Gasteiger partial charge in [0, 0.05) is 6.54 Å². The van der Waals surface area contributed by atoms with E-state index in [0.29, 0.717) is 24.6 Å². The standard InChI is InChI=1S/C23H25NO4/c1-15-5-3-6-16(2)23(15)18-8-4-7-17(11-18)14-28-21-10-9-19(13-24-21)20(25)12-22(26)27/h3-11,20,24-25H,12-14H2,1-2H3,(H,26,27). The van der Waals surface area contributed by atoms with Crippen molar-refractivity contribution in [3.8, 4) is 11.1 Å². The number of hydrogen-bond donors (Lipinski definition) is 3. The van der Waals surface area contributed by atoms with Crippen LogP contribution in [0.3, 0.4) is 0 Å². The Morgan fingerprint density at radius 3 is 2.50 bits per heavy atom. The van der Waals surface area contributed by atoms with Crippen LogP contribution in [-0.2, 0) is 16.1 Å². The number of aliphatic carboxylic acids is 1. The topological polar surface area (TPSA) is 78.8 Å². The van der Waals surface area contributed by atoms with E-state index in [0.717, 1.165) is 5.56 Å². The van der Waals surface area contributed by atoms with Gasteiger partial charge in [-0.15, -0.1) is 0 Å². The van der Waals surface area contributed by atoms with Gasteiger partial charge in [0.15, 0.2) is 5.88 Å². The molecule has 0 radical (unpaired) electrons. The minimum Gasteiger partial charge on any atom is -0.481 e. The summed E-state index contributed by atoms with van der Waals surface area (Å²) in [5, 5.41) is 21.7. The molecule has 5 heteroatoms. The van der Waals surface area contributed by atoms with E-state index in [-0.39, 0.29) is 6.42 Å². The van der Waals surface area contributed by atoms with E-state index >= 15 is 0 Å². The van der Waals surface area contributed by atoms with Gasteiger partial charge in [-0.2, -0.15) is 0 Å². The molecule has 28 heavy (non-hydrogen) atoms. The third kappa shape index (κ3) is 4.81. The van der Waals surface area contributed by atoms with Crippen molar-refractivity contribution in [1.82, 2.24) is 5.32 Å². The number of aliphatic hydroxyl groups excluding tert-OH is 1. The van der Waals surface area contributed by atoms with Crippen LogP contribution in [0.1, 0.15) is 23.1 Å². The number of allylic oxidation sites excluding steroid dienone is 2. The normalized spacial score (nSPS) is 14.5. The Morgan fingerprint density at radius 1 is 1.14 bits per heavy atom. The summed E-state index contributed by atoms with van der Waals surface area (Å²) in [4.78, 5) is 10.7. The number of carbonyl (C=O) groups is 1. The minimum absolute atomic E-state index is 0.303. The quantitative estimate of drug-likeness (QED) is 0.684. The first-order valence-electron chi connectivity index (χ1n) is 9.27. The molecule has 5 nitrogen and oxygen atoms in total. The van der Waals surface area contributed by atoms with Crippen LogP contribution in [0, 0.1) is 13.8 Å². The number of dihydropyridines is 1. The molecule has 1 unspecified atom stereocenters. The molecule has 3 N–H and O–H groups in total. The summed E-state index contributed by atoms with van der Waals surface area (Å²) >= 11 is 0. The summed E-state index contributed by atoms with van der Waals surface area (Å²) in [6.45, 7) is 5.01. The average Bonchev–Trinajstić information content (AvgIpc) is 2.66. The van der Waals surface area contributed by atoms with Crippen molar-refractivity contribution in [2.45, 2.75) is 33.0 Å². The second-order valence-electron chi connectivity index (χ2n) is 7.00. The van der Waals surface area contributed by atoms with E-state index in [1.807, 2.05) is 12.1 Å². The first-order valence-corrected chi connectivity index (χ1v) is 9.27. The predicted octanol–water partition coefficient (Wildman–Crippen LogP) is 3.69. The Morgan fingerprint density at radius 2 is 1.86 bits per heavy atom. The first-order chi connectivity index (χ1) is 13.4. The van der Waals surface area contributed by atoms with E-state index in [9.17, 15) is 9.90 Å². The smallest absolute Gasteiger partial charge is 0.306 e.